The summed E-state index contributed by atoms with van der Waals surface area (Å²) in [5.41, 5.74) is 4.59. The van der Waals surface area contributed by atoms with Gasteiger partial charge >= 0.3 is 0 Å². The maximum absolute atomic E-state index is 10.7. The lowest BCUT2D eigenvalue weighted by Crippen LogP contribution is -2.05. The Labute approximate surface area is 209 Å². The monoisotopic (exact) mass is 466 g/mol. The van der Waals surface area contributed by atoms with Crippen LogP contribution in [0.3, 0.4) is 0 Å². The summed E-state index contributed by atoms with van der Waals surface area (Å²) >= 11 is 0. The molecule has 0 bridgehead atoms. The Kier molecular flexibility index (Phi) is 13.8. The molecule has 0 aromatic heterocycles. The topological polar surface area (TPSA) is 40.5 Å². The first kappa shape index (κ1) is 28.3. The van der Waals surface area contributed by atoms with Crippen molar-refractivity contribution in [3.8, 4) is 11.5 Å². The van der Waals surface area contributed by atoms with E-state index in [-0.39, 0.29) is 5.92 Å². The van der Waals surface area contributed by atoms with E-state index in [0.29, 0.717) is 11.5 Å². The standard InChI is InChI=1S/C32H50O2/c1-4-6-8-10-12-14-16-20-29-27(22-18-24-31(29)33)26(3)28-23-19-25-32(34)30(28)21-17-15-13-11-9-7-5-2/h18-19,22-26,33-34H,4-17,20-21H2,1-3H3. The minimum absolute atomic E-state index is 0.151. The smallest absolute Gasteiger partial charge is 0.119 e. The van der Waals surface area contributed by atoms with Gasteiger partial charge in [0.1, 0.15) is 11.5 Å². The Balaban J connectivity index is 2.03. The minimum Gasteiger partial charge on any atom is -0.508 e. The second-order valence-corrected chi connectivity index (χ2v) is 10.2. The zero-order valence-electron chi connectivity index (χ0n) is 22.2. The summed E-state index contributed by atoms with van der Waals surface area (Å²) in [7, 11) is 0. The fourth-order valence-corrected chi connectivity index (χ4v) is 5.23. The van der Waals surface area contributed by atoms with E-state index in [2.05, 4.69) is 32.9 Å². The van der Waals surface area contributed by atoms with Gasteiger partial charge in [0.15, 0.2) is 0 Å². The van der Waals surface area contributed by atoms with Crippen molar-refractivity contribution >= 4 is 0 Å². The van der Waals surface area contributed by atoms with Gasteiger partial charge in [-0.05, 0) is 60.1 Å². The van der Waals surface area contributed by atoms with Crippen LogP contribution < -0.4 is 0 Å². The van der Waals surface area contributed by atoms with Crippen molar-refractivity contribution in [2.24, 2.45) is 0 Å². The van der Waals surface area contributed by atoms with E-state index in [1.807, 2.05) is 24.3 Å². The molecule has 0 fully saturated rings. The first-order chi connectivity index (χ1) is 16.6. The molecule has 0 amide bonds. The van der Waals surface area contributed by atoms with E-state index in [9.17, 15) is 10.2 Å². The SMILES string of the molecule is CCCCCCCCCc1c(O)cccc1C(C)c1cccc(O)c1CCCCCCCCC. The highest BCUT2D eigenvalue weighted by Gasteiger charge is 2.19. The highest BCUT2D eigenvalue weighted by molar-refractivity contribution is 5.49. The Hall–Kier alpha value is -1.96. The van der Waals surface area contributed by atoms with Crippen molar-refractivity contribution in [1.29, 1.82) is 0 Å². The fourth-order valence-electron chi connectivity index (χ4n) is 5.23. The largest absolute Gasteiger partial charge is 0.508 e. The molecular formula is C32H50O2. The normalized spacial score (nSPS) is 11.4. The summed E-state index contributed by atoms with van der Waals surface area (Å²) < 4.78 is 0. The van der Waals surface area contributed by atoms with Gasteiger partial charge in [-0.25, -0.2) is 0 Å². The van der Waals surface area contributed by atoms with Crippen LogP contribution in [0.4, 0.5) is 0 Å². The summed E-state index contributed by atoms with van der Waals surface area (Å²) in [4.78, 5) is 0. The third-order valence-corrected chi connectivity index (χ3v) is 7.37. The van der Waals surface area contributed by atoms with Gasteiger partial charge in [-0.2, -0.15) is 0 Å². The molecule has 0 radical (unpaired) electrons. The maximum Gasteiger partial charge on any atom is 0.119 e. The fraction of sp³-hybridized carbons (Fsp3) is 0.625. The van der Waals surface area contributed by atoms with E-state index >= 15 is 0 Å². The molecule has 0 heterocycles. The summed E-state index contributed by atoms with van der Waals surface area (Å²) in [5, 5.41) is 21.4. The van der Waals surface area contributed by atoms with E-state index in [0.717, 1.165) is 36.8 Å². The molecule has 2 heteroatoms. The maximum atomic E-state index is 10.7. The van der Waals surface area contributed by atoms with Crippen LogP contribution in [-0.2, 0) is 12.8 Å². The van der Waals surface area contributed by atoms with Crippen molar-refractivity contribution in [1.82, 2.24) is 0 Å². The molecule has 0 saturated heterocycles. The van der Waals surface area contributed by atoms with Crippen LogP contribution in [0, 0.1) is 0 Å². The molecule has 2 rings (SSSR count). The van der Waals surface area contributed by atoms with E-state index < -0.39 is 0 Å². The van der Waals surface area contributed by atoms with Crippen molar-refractivity contribution in [3.63, 3.8) is 0 Å². The van der Waals surface area contributed by atoms with Gasteiger partial charge in [-0.3, -0.25) is 0 Å². The first-order valence-electron chi connectivity index (χ1n) is 14.2. The minimum atomic E-state index is 0.151. The van der Waals surface area contributed by atoms with Crippen LogP contribution in [0.15, 0.2) is 36.4 Å². The predicted octanol–water partition coefficient (Wildman–Crippen LogP) is 9.84. The van der Waals surface area contributed by atoms with Crippen molar-refractivity contribution in [2.45, 2.75) is 129 Å². The summed E-state index contributed by atoms with van der Waals surface area (Å²) in [5.74, 6) is 0.992. The number of unbranched alkanes of at least 4 members (excludes halogenated alkanes) is 12. The lowest BCUT2D eigenvalue weighted by atomic mass is 9.84. The third kappa shape index (κ3) is 9.35. The average molecular weight is 467 g/mol. The molecule has 0 aliphatic heterocycles. The Morgan fingerprint density at radius 2 is 0.882 bits per heavy atom. The van der Waals surface area contributed by atoms with E-state index in [4.69, 9.17) is 0 Å². The second-order valence-electron chi connectivity index (χ2n) is 10.2. The van der Waals surface area contributed by atoms with Gasteiger partial charge in [0.05, 0.1) is 0 Å². The van der Waals surface area contributed by atoms with Crippen LogP contribution in [0.25, 0.3) is 0 Å². The van der Waals surface area contributed by atoms with Crippen molar-refractivity contribution in [2.75, 3.05) is 0 Å². The zero-order chi connectivity index (χ0) is 24.6. The highest BCUT2D eigenvalue weighted by atomic mass is 16.3. The first-order valence-corrected chi connectivity index (χ1v) is 14.2. The van der Waals surface area contributed by atoms with Gasteiger partial charge in [0, 0.05) is 5.92 Å². The number of rotatable bonds is 18. The van der Waals surface area contributed by atoms with Crippen LogP contribution in [0.1, 0.15) is 139 Å². The predicted molar refractivity (Wildman–Crippen MR) is 147 cm³/mol. The molecule has 2 aromatic carbocycles. The highest BCUT2D eigenvalue weighted by Crippen LogP contribution is 2.37. The molecule has 0 spiro atoms. The van der Waals surface area contributed by atoms with Gasteiger partial charge in [-0.15, -0.1) is 0 Å². The average Bonchev–Trinajstić information content (AvgIpc) is 2.84. The molecule has 0 unspecified atom stereocenters. The van der Waals surface area contributed by atoms with Crippen LogP contribution in [0.2, 0.25) is 0 Å². The van der Waals surface area contributed by atoms with Gasteiger partial charge in [0.25, 0.3) is 0 Å². The van der Waals surface area contributed by atoms with Crippen molar-refractivity contribution in [3.05, 3.63) is 58.7 Å². The molecule has 0 aliphatic carbocycles. The zero-order valence-corrected chi connectivity index (χ0v) is 22.2. The van der Waals surface area contributed by atoms with Gasteiger partial charge in [-0.1, -0.05) is 122 Å². The summed E-state index contributed by atoms with van der Waals surface area (Å²) in [6.07, 6.45) is 19.7. The lowest BCUT2D eigenvalue weighted by Gasteiger charge is -2.22. The Morgan fingerprint density at radius 1 is 0.529 bits per heavy atom. The lowest BCUT2D eigenvalue weighted by molar-refractivity contribution is 0.462. The Bertz CT molecular complexity index is 743. The van der Waals surface area contributed by atoms with Gasteiger partial charge < -0.3 is 10.2 Å². The van der Waals surface area contributed by atoms with Crippen LogP contribution in [-0.4, -0.2) is 10.2 Å². The van der Waals surface area contributed by atoms with Crippen molar-refractivity contribution < 1.29 is 10.2 Å². The molecule has 0 saturated carbocycles. The number of phenolic OH excluding ortho intramolecular Hbond substituents is 2. The number of hydrogen-bond acceptors (Lipinski definition) is 2. The quantitative estimate of drug-likeness (QED) is 0.215. The summed E-state index contributed by atoms with van der Waals surface area (Å²) in [6, 6.07) is 11.9. The molecular weight excluding hydrogens is 416 g/mol. The van der Waals surface area contributed by atoms with Crippen LogP contribution >= 0.6 is 0 Å². The van der Waals surface area contributed by atoms with Crippen LogP contribution in [0.5, 0.6) is 11.5 Å². The molecule has 0 aliphatic rings. The molecule has 34 heavy (non-hydrogen) atoms. The number of phenols is 2. The molecule has 190 valence electrons. The van der Waals surface area contributed by atoms with Gasteiger partial charge in [0.2, 0.25) is 0 Å². The molecule has 2 aromatic rings. The molecule has 2 nitrogen and oxygen atoms in total. The third-order valence-electron chi connectivity index (χ3n) is 7.37. The van der Waals surface area contributed by atoms with E-state index in [1.54, 1.807) is 0 Å². The molecule has 0 atom stereocenters. The van der Waals surface area contributed by atoms with E-state index in [1.165, 1.54) is 88.2 Å². The number of aromatic hydroxyl groups is 2. The second kappa shape index (κ2) is 16.6. The number of benzene rings is 2. The summed E-state index contributed by atoms with van der Waals surface area (Å²) in [6.45, 7) is 6.74. The Morgan fingerprint density at radius 3 is 1.26 bits per heavy atom. The molecule has 2 N–H and O–H groups in total. The number of hydrogen-bond donors (Lipinski definition) is 2.